The predicted octanol–water partition coefficient (Wildman–Crippen LogP) is 4.37. The predicted molar refractivity (Wildman–Crippen MR) is 107 cm³/mol. The van der Waals surface area contributed by atoms with E-state index in [0.717, 1.165) is 18.4 Å². The Balaban J connectivity index is 1.68. The molecule has 1 fully saturated rings. The summed E-state index contributed by atoms with van der Waals surface area (Å²) in [6.45, 7) is 0. The minimum atomic E-state index is -1.09. The quantitative estimate of drug-likeness (QED) is 0.696. The number of benzene rings is 2. The summed E-state index contributed by atoms with van der Waals surface area (Å²) in [7, 11) is 1.58. The van der Waals surface area contributed by atoms with E-state index in [1.807, 2.05) is 12.1 Å². The molecule has 0 bridgehead atoms. The van der Waals surface area contributed by atoms with Gasteiger partial charge >= 0.3 is 5.97 Å². The van der Waals surface area contributed by atoms with Crippen LogP contribution in [0.2, 0.25) is 0 Å². The fourth-order valence-corrected chi connectivity index (χ4v) is 3.20. The average Bonchev–Trinajstić information content (AvgIpc) is 3.20. The third-order valence-corrected chi connectivity index (χ3v) is 4.63. The van der Waals surface area contributed by atoms with Crippen LogP contribution in [0.3, 0.4) is 0 Å². The first-order chi connectivity index (χ1) is 13.6. The van der Waals surface area contributed by atoms with E-state index in [4.69, 9.17) is 9.47 Å². The standard InChI is InChI=1S/C22H23NO5/c1-27-20-14-15(10-12-19(20)28-16-6-2-3-7-16)11-13-21(24)23-18-9-5-4-8-17(18)22(25)26/h4-5,8-14,16H,2-3,6-7H2,1H3,(H,23,24)(H,25,26)/b13-11+. The van der Waals surface area contributed by atoms with E-state index in [9.17, 15) is 14.7 Å². The van der Waals surface area contributed by atoms with E-state index in [-0.39, 0.29) is 17.4 Å². The van der Waals surface area contributed by atoms with Crippen LogP contribution >= 0.6 is 0 Å². The molecule has 0 heterocycles. The molecule has 0 saturated heterocycles. The van der Waals surface area contributed by atoms with Crippen LogP contribution in [-0.2, 0) is 4.79 Å². The first kappa shape index (κ1) is 19.5. The summed E-state index contributed by atoms with van der Waals surface area (Å²) < 4.78 is 11.4. The van der Waals surface area contributed by atoms with Gasteiger partial charge in [0.2, 0.25) is 5.91 Å². The molecule has 1 aliphatic rings. The van der Waals surface area contributed by atoms with Crippen molar-refractivity contribution < 1.29 is 24.2 Å². The zero-order chi connectivity index (χ0) is 19.9. The van der Waals surface area contributed by atoms with Crippen LogP contribution in [0.25, 0.3) is 6.08 Å². The molecule has 6 nitrogen and oxygen atoms in total. The van der Waals surface area contributed by atoms with Crippen molar-refractivity contribution in [3.05, 3.63) is 59.7 Å². The zero-order valence-electron chi connectivity index (χ0n) is 15.7. The summed E-state index contributed by atoms with van der Waals surface area (Å²) in [4.78, 5) is 23.4. The lowest BCUT2D eigenvalue weighted by atomic mass is 10.1. The summed E-state index contributed by atoms with van der Waals surface area (Å²) in [5.74, 6) is -0.196. The number of nitrogens with one attached hydrogen (secondary N) is 1. The highest BCUT2D eigenvalue weighted by Gasteiger charge is 2.18. The number of carboxylic acid groups (broad SMARTS) is 1. The van der Waals surface area contributed by atoms with E-state index in [2.05, 4.69) is 5.32 Å². The maximum atomic E-state index is 12.2. The normalized spacial score (nSPS) is 14.2. The van der Waals surface area contributed by atoms with E-state index in [0.29, 0.717) is 11.5 Å². The number of carboxylic acids is 1. The van der Waals surface area contributed by atoms with Crippen LogP contribution in [0.5, 0.6) is 11.5 Å². The largest absolute Gasteiger partial charge is 0.493 e. The number of carbonyl (C=O) groups is 2. The molecular formula is C22H23NO5. The molecule has 2 N–H and O–H groups in total. The van der Waals surface area contributed by atoms with E-state index < -0.39 is 11.9 Å². The molecule has 0 aliphatic heterocycles. The third kappa shape index (κ3) is 4.91. The van der Waals surface area contributed by atoms with Gasteiger partial charge in [-0.3, -0.25) is 4.79 Å². The van der Waals surface area contributed by atoms with Crippen molar-refractivity contribution in [2.75, 3.05) is 12.4 Å². The van der Waals surface area contributed by atoms with Gasteiger partial charge in [0.05, 0.1) is 24.5 Å². The number of aromatic carboxylic acids is 1. The highest BCUT2D eigenvalue weighted by atomic mass is 16.5. The monoisotopic (exact) mass is 381 g/mol. The number of hydrogen-bond acceptors (Lipinski definition) is 4. The zero-order valence-corrected chi connectivity index (χ0v) is 15.7. The summed E-state index contributed by atoms with van der Waals surface area (Å²) in [5.41, 5.74) is 1.07. The Bertz CT molecular complexity index is 884. The average molecular weight is 381 g/mol. The maximum Gasteiger partial charge on any atom is 0.337 e. The Morgan fingerprint density at radius 1 is 1.11 bits per heavy atom. The molecule has 1 aliphatic carbocycles. The molecular weight excluding hydrogens is 358 g/mol. The van der Waals surface area contributed by atoms with Gasteiger partial charge in [0.1, 0.15) is 0 Å². The van der Waals surface area contributed by atoms with Gasteiger partial charge in [0.15, 0.2) is 11.5 Å². The summed E-state index contributed by atoms with van der Waals surface area (Å²) in [6, 6.07) is 11.8. The fourth-order valence-electron chi connectivity index (χ4n) is 3.20. The lowest BCUT2D eigenvalue weighted by Crippen LogP contribution is -2.12. The maximum absolute atomic E-state index is 12.2. The van der Waals surface area contributed by atoms with Gasteiger partial charge in [0.25, 0.3) is 0 Å². The van der Waals surface area contributed by atoms with E-state index >= 15 is 0 Å². The summed E-state index contributed by atoms with van der Waals surface area (Å²) in [6.07, 6.45) is 7.72. The molecule has 0 unspecified atom stereocenters. The van der Waals surface area contributed by atoms with Crippen LogP contribution < -0.4 is 14.8 Å². The molecule has 0 atom stereocenters. The Hall–Kier alpha value is -3.28. The second kappa shape index (κ2) is 9.08. The molecule has 28 heavy (non-hydrogen) atoms. The molecule has 2 aromatic rings. The number of carbonyl (C=O) groups excluding carboxylic acids is 1. The smallest absolute Gasteiger partial charge is 0.337 e. The van der Waals surface area contributed by atoms with Gasteiger partial charge in [-0.2, -0.15) is 0 Å². The number of anilines is 1. The summed E-state index contributed by atoms with van der Waals surface area (Å²) >= 11 is 0. The molecule has 1 saturated carbocycles. The first-order valence-corrected chi connectivity index (χ1v) is 9.23. The van der Waals surface area contributed by atoms with Gasteiger partial charge in [0, 0.05) is 6.08 Å². The minimum Gasteiger partial charge on any atom is -0.493 e. The van der Waals surface area contributed by atoms with Crippen molar-refractivity contribution in [2.24, 2.45) is 0 Å². The topological polar surface area (TPSA) is 84.9 Å². The van der Waals surface area contributed by atoms with Gasteiger partial charge < -0.3 is 19.9 Å². The Labute approximate surface area is 163 Å². The molecule has 0 aromatic heterocycles. The lowest BCUT2D eigenvalue weighted by Gasteiger charge is -2.16. The second-order valence-corrected chi connectivity index (χ2v) is 6.61. The van der Waals surface area contributed by atoms with Crippen LogP contribution in [0.1, 0.15) is 41.6 Å². The number of amides is 1. The van der Waals surface area contributed by atoms with Crippen molar-refractivity contribution in [3.8, 4) is 11.5 Å². The van der Waals surface area contributed by atoms with Crippen LogP contribution in [0, 0.1) is 0 Å². The molecule has 0 spiro atoms. The van der Waals surface area contributed by atoms with Gasteiger partial charge in [-0.05, 0) is 61.6 Å². The SMILES string of the molecule is COc1cc(/C=C/C(=O)Nc2ccccc2C(=O)O)ccc1OC1CCCC1. The van der Waals surface area contributed by atoms with Crippen LogP contribution in [0.15, 0.2) is 48.5 Å². The van der Waals surface area contributed by atoms with Gasteiger partial charge in [-0.15, -0.1) is 0 Å². The van der Waals surface area contributed by atoms with Crippen LogP contribution in [0.4, 0.5) is 5.69 Å². The van der Waals surface area contributed by atoms with Crippen molar-refractivity contribution in [3.63, 3.8) is 0 Å². The third-order valence-electron chi connectivity index (χ3n) is 4.63. The highest BCUT2D eigenvalue weighted by Crippen LogP contribution is 2.32. The van der Waals surface area contributed by atoms with Crippen molar-refractivity contribution >= 4 is 23.6 Å². The van der Waals surface area contributed by atoms with Crippen LogP contribution in [-0.4, -0.2) is 30.2 Å². The Kier molecular flexibility index (Phi) is 6.32. The molecule has 0 radical (unpaired) electrons. The molecule has 1 amide bonds. The number of methoxy groups -OCH3 is 1. The van der Waals surface area contributed by atoms with E-state index in [1.54, 1.807) is 37.5 Å². The Morgan fingerprint density at radius 2 is 1.86 bits per heavy atom. The summed E-state index contributed by atoms with van der Waals surface area (Å²) in [5, 5.41) is 11.8. The van der Waals surface area contributed by atoms with Crippen molar-refractivity contribution in [1.82, 2.24) is 0 Å². The molecule has 2 aromatic carbocycles. The molecule has 3 rings (SSSR count). The number of rotatable bonds is 7. The second-order valence-electron chi connectivity index (χ2n) is 6.61. The molecule has 146 valence electrons. The number of hydrogen-bond donors (Lipinski definition) is 2. The number of ether oxygens (including phenoxy) is 2. The number of para-hydroxylation sites is 1. The van der Waals surface area contributed by atoms with Gasteiger partial charge in [-0.25, -0.2) is 4.79 Å². The van der Waals surface area contributed by atoms with Crippen molar-refractivity contribution in [2.45, 2.75) is 31.8 Å². The fraction of sp³-hybridized carbons (Fsp3) is 0.273. The first-order valence-electron chi connectivity index (χ1n) is 9.23. The van der Waals surface area contributed by atoms with Gasteiger partial charge in [-0.1, -0.05) is 18.2 Å². The Morgan fingerprint density at radius 3 is 2.57 bits per heavy atom. The van der Waals surface area contributed by atoms with Crippen molar-refractivity contribution in [1.29, 1.82) is 0 Å². The highest BCUT2D eigenvalue weighted by molar-refractivity contribution is 6.06. The van der Waals surface area contributed by atoms with E-state index in [1.165, 1.54) is 25.0 Å². The minimum absolute atomic E-state index is 0.0410. The lowest BCUT2D eigenvalue weighted by molar-refractivity contribution is -0.111. The molecule has 6 heteroatoms.